The second-order valence-corrected chi connectivity index (χ2v) is 7.23. The van der Waals surface area contributed by atoms with Crippen molar-refractivity contribution in [3.63, 3.8) is 0 Å². The van der Waals surface area contributed by atoms with Crippen LogP contribution in [0.15, 0.2) is 29.2 Å². The molecule has 5 heteroatoms. The van der Waals surface area contributed by atoms with Gasteiger partial charge in [-0.3, -0.25) is 0 Å². The first-order chi connectivity index (χ1) is 8.75. The number of aliphatic hydroxyl groups excluding tert-OH is 1. The lowest BCUT2D eigenvalue weighted by Gasteiger charge is -2.33. The molecule has 0 heterocycles. The fourth-order valence-corrected chi connectivity index (χ4v) is 3.24. The second kappa shape index (κ2) is 6.03. The molecule has 1 rings (SSSR count). The third kappa shape index (κ3) is 3.55. The molecule has 1 aromatic rings. The molecular formula is C14H23NO3S. The van der Waals surface area contributed by atoms with Crippen LogP contribution >= 0.6 is 0 Å². The predicted octanol–water partition coefficient (Wildman–Crippen LogP) is 2.03. The quantitative estimate of drug-likeness (QED) is 0.870. The van der Waals surface area contributed by atoms with E-state index in [1.54, 1.807) is 31.3 Å². The van der Waals surface area contributed by atoms with E-state index in [1.807, 2.05) is 20.8 Å². The summed E-state index contributed by atoms with van der Waals surface area (Å²) in [6, 6.07) is 6.69. The number of sulfonamides is 1. The van der Waals surface area contributed by atoms with E-state index in [-0.39, 0.29) is 6.61 Å². The molecule has 0 fully saturated rings. The minimum Gasteiger partial charge on any atom is -0.396 e. The highest BCUT2D eigenvalue weighted by Crippen LogP contribution is 2.25. The zero-order chi connectivity index (χ0) is 14.7. The molecule has 0 spiro atoms. The van der Waals surface area contributed by atoms with Crippen molar-refractivity contribution in [3.8, 4) is 0 Å². The maximum absolute atomic E-state index is 12.5. The van der Waals surface area contributed by atoms with E-state index in [0.29, 0.717) is 11.3 Å². The molecule has 108 valence electrons. The van der Waals surface area contributed by atoms with Crippen LogP contribution in [0, 0.1) is 0 Å². The van der Waals surface area contributed by atoms with Gasteiger partial charge in [-0.05, 0) is 44.4 Å². The molecule has 0 atom stereocenters. The Morgan fingerprint density at radius 3 is 2.16 bits per heavy atom. The highest BCUT2D eigenvalue weighted by Gasteiger charge is 2.32. The number of benzene rings is 1. The lowest BCUT2D eigenvalue weighted by molar-refractivity contribution is 0.257. The number of hydrogen-bond donors (Lipinski definition) is 1. The number of rotatable bonds is 6. The summed E-state index contributed by atoms with van der Waals surface area (Å²) in [5.74, 6) is 0. The predicted molar refractivity (Wildman–Crippen MR) is 76.6 cm³/mol. The van der Waals surface area contributed by atoms with E-state index in [2.05, 4.69) is 0 Å². The Balaban J connectivity index is 3.07. The van der Waals surface area contributed by atoms with Gasteiger partial charge in [-0.15, -0.1) is 0 Å². The average Bonchev–Trinajstić information content (AvgIpc) is 2.39. The molecule has 0 amide bonds. The van der Waals surface area contributed by atoms with Crippen molar-refractivity contribution in [1.82, 2.24) is 4.31 Å². The van der Waals surface area contributed by atoms with E-state index in [4.69, 9.17) is 5.11 Å². The Morgan fingerprint density at radius 1 is 1.21 bits per heavy atom. The molecule has 0 radical (unpaired) electrons. The van der Waals surface area contributed by atoms with Crippen LogP contribution in [0.2, 0.25) is 0 Å². The minimum absolute atomic E-state index is 0.0644. The number of nitrogens with zero attached hydrogens (tertiary/aromatic N) is 1. The van der Waals surface area contributed by atoms with Gasteiger partial charge in [0, 0.05) is 19.2 Å². The summed E-state index contributed by atoms with van der Waals surface area (Å²) < 4.78 is 26.4. The zero-order valence-corrected chi connectivity index (χ0v) is 12.9. The Morgan fingerprint density at radius 2 is 1.74 bits per heavy atom. The van der Waals surface area contributed by atoms with Crippen molar-refractivity contribution < 1.29 is 13.5 Å². The largest absolute Gasteiger partial charge is 0.396 e. The van der Waals surface area contributed by atoms with Gasteiger partial charge in [-0.2, -0.15) is 4.31 Å². The highest BCUT2D eigenvalue weighted by atomic mass is 32.2. The van der Waals surface area contributed by atoms with Gasteiger partial charge in [0.2, 0.25) is 10.0 Å². The molecule has 0 aliphatic heterocycles. The van der Waals surface area contributed by atoms with E-state index >= 15 is 0 Å². The molecule has 0 bridgehead atoms. The molecule has 4 nitrogen and oxygen atoms in total. The van der Waals surface area contributed by atoms with Gasteiger partial charge in [-0.1, -0.05) is 19.1 Å². The Kier molecular flexibility index (Phi) is 5.12. The smallest absolute Gasteiger partial charge is 0.243 e. The topological polar surface area (TPSA) is 57.6 Å². The van der Waals surface area contributed by atoms with Gasteiger partial charge in [0.15, 0.2) is 0 Å². The van der Waals surface area contributed by atoms with Gasteiger partial charge >= 0.3 is 0 Å². The summed E-state index contributed by atoms with van der Waals surface area (Å²) in [5.41, 5.74) is 0.515. The summed E-state index contributed by atoms with van der Waals surface area (Å²) in [6.07, 6.45) is 1.28. The fraction of sp³-hybridized carbons (Fsp3) is 0.571. The Hall–Kier alpha value is -0.910. The van der Waals surface area contributed by atoms with Crippen LogP contribution in [0.3, 0.4) is 0 Å². The van der Waals surface area contributed by atoms with Crippen LogP contribution in [0.4, 0.5) is 0 Å². The summed E-state index contributed by atoms with van der Waals surface area (Å²) in [7, 11) is -1.86. The maximum Gasteiger partial charge on any atom is 0.243 e. The summed E-state index contributed by atoms with van der Waals surface area (Å²) in [5, 5.41) is 8.85. The molecule has 1 N–H and O–H groups in total. The standard InChI is InChI=1S/C14H23NO3S/c1-5-14(2,3)15(4)19(17,18)13-8-6-12(7-9-13)10-11-16/h6-9,16H,5,10-11H2,1-4H3. The first-order valence-corrected chi connectivity index (χ1v) is 7.88. The van der Waals surface area contributed by atoms with Crippen molar-refractivity contribution >= 4 is 10.0 Å². The summed E-state index contributed by atoms with van der Waals surface area (Å²) in [6.45, 7) is 5.85. The van der Waals surface area contributed by atoms with Crippen LogP contribution < -0.4 is 0 Å². The highest BCUT2D eigenvalue weighted by molar-refractivity contribution is 7.89. The zero-order valence-electron chi connectivity index (χ0n) is 12.0. The van der Waals surface area contributed by atoms with Crippen molar-refractivity contribution in [2.75, 3.05) is 13.7 Å². The lowest BCUT2D eigenvalue weighted by atomic mass is 10.0. The van der Waals surface area contributed by atoms with Crippen molar-refractivity contribution in [3.05, 3.63) is 29.8 Å². The Labute approximate surface area is 116 Å². The van der Waals surface area contributed by atoms with Crippen LogP contribution in [-0.2, 0) is 16.4 Å². The minimum atomic E-state index is -3.47. The first-order valence-electron chi connectivity index (χ1n) is 6.44. The summed E-state index contributed by atoms with van der Waals surface area (Å²) in [4.78, 5) is 0.290. The maximum atomic E-state index is 12.5. The van der Waals surface area contributed by atoms with Gasteiger partial charge in [-0.25, -0.2) is 8.42 Å². The van der Waals surface area contributed by atoms with Crippen molar-refractivity contribution in [2.45, 2.75) is 44.0 Å². The molecule has 0 saturated carbocycles. The van der Waals surface area contributed by atoms with Gasteiger partial charge in [0.05, 0.1) is 4.90 Å². The average molecular weight is 285 g/mol. The molecule has 0 aliphatic rings. The third-order valence-corrected chi connectivity index (χ3v) is 5.78. The first kappa shape index (κ1) is 16.1. The number of hydrogen-bond acceptors (Lipinski definition) is 3. The van der Waals surface area contributed by atoms with E-state index in [0.717, 1.165) is 12.0 Å². The van der Waals surface area contributed by atoms with Crippen LogP contribution in [0.1, 0.15) is 32.8 Å². The lowest BCUT2D eigenvalue weighted by Crippen LogP contribution is -2.44. The summed E-state index contributed by atoms with van der Waals surface area (Å²) >= 11 is 0. The normalized spacial score (nSPS) is 12.9. The van der Waals surface area contributed by atoms with E-state index in [1.165, 1.54) is 4.31 Å². The van der Waals surface area contributed by atoms with Crippen molar-refractivity contribution in [2.24, 2.45) is 0 Å². The van der Waals surface area contributed by atoms with Gasteiger partial charge in [0.1, 0.15) is 0 Å². The third-order valence-electron chi connectivity index (χ3n) is 3.70. The monoisotopic (exact) mass is 285 g/mol. The van der Waals surface area contributed by atoms with Gasteiger partial charge < -0.3 is 5.11 Å². The van der Waals surface area contributed by atoms with E-state index < -0.39 is 15.6 Å². The number of aliphatic hydroxyl groups is 1. The molecule has 0 unspecified atom stereocenters. The second-order valence-electron chi connectivity index (χ2n) is 5.26. The van der Waals surface area contributed by atoms with Crippen LogP contribution in [-0.4, -0.2) is 37.0 Å². The SMILES string of the molecule is CCC(C)(C)N(C)S(=O)(=O)c1ccc(CCO)cc1. The van der Waals surface area contributed by atoms with Crippen LogP contribution in [0.5, 0.6) is 0 Å². The molecule has 1 aromatic carbocycles. The Bertz CT molecular complexity index is 506. The van der Waals surface area contributed by atoms with Crippen molar-refractivity contribution in [1.29, 1.82) is 0 Å². The fourth-order valence-electron chi connectivity index (χ4n) is 1.66. The van der Waals surface area contributed by atoms with E-state index in [9.17, 15) is 8.42 Å². The molecule has 0 saturated heterocycles. The molecule has 0 aromatic heterocycles. The van der Waals surface area contributed by atoms with Gasteiger partial charge in [0.25, 0.3) is 0 Å². The molecule has 0 aliphatic carbocycles. The molecular weight excluding hydrogens is 262 g/mol. The van der Waals surface area contributed by atoms with Crippen LogP contribution in [0.25, 0.3) is 0 Å². The molecule has 19 heavy (non-hydrogen) atoms.